The molecule has 5 nitrogen and oxygen atoms in total. The van der Waals surface area contributed by atoms with E-state index >= 15 is 0 Å². The average Bonchev–Trinajstić information content (AvgIpc) is 2.28. The predicted molar refractivity (Wildman–Crippen MR) is 67.2 cm³/mol. The number of sulfonamides is 1. The summed E-state index contributed by atoms with van der Waals surface area (Å²) in [5.41, 5.74) is 1.41. The van der Waals surface area contributed by atoms with E-state index in [-0.39, 0.29) is 11.6 Å². The number of aromatic nitrogens is 2. The second-order valence-corrected chi connectivity index (χ2v) is 5.51. The van der Waals surface area contributed by atoms with Gasteiger partial charge in [0.15, 0.2) is 5.82 Å². The summed E-state index contributed by atoms with van der Waals surface area (Å²) in [6.07, 6.45) is 1.99. The Kier molecular flexibility index (Phi) is 3.23. The number of benzene rings is 1. The number of para-hydroxylation sites is 2. The van der Waals surface area contributed by atoms with E-state index in [1.54, 1.807) is 6.07 Å². The van der Waals surface area contributed by atoms with Gasteiger partial charge in [-0.2, -0.15) is 0 Å². The summed E-state index contributed by atoms with van der Waals surface area (Å²) in [6, 6.07) is 7.31. The number of hydrogen-bond acceptors (Lipinski definition) is 4. The number of nitrogens with zero attached hydrogens (tertiary/aromatic N) is 2. The van der Waals surface area contributed by atoms with Crippen molar-refractivity contribution in [1.29, 1.82) is 0 Å². The molecule has 1 aromatic carbocycles. The number of fused-ring (bicyclic) bond motifs is 1. The lowest BCUT2D eigenvalue weighted by molar-refractivity contribution is 0.599. The Labute approximate surface area is 100.0 Å². The summed E-state index contributed by atoms with van der Waals surface area (Å²) in [7, 11) is -3.31. The number of hydrogen-bond donors (Lipinski definition) is 1. The average molecular weight is 251 g/mol. The van der Waals surface area contributed by atoms with Crippen LogP contribution in [0.2, 0.25) is 0 Å². The van der Waals surface area contributed by atoms with Gasteiger partial charge in [-0.25, -0.2) is 13.4 Å². The van der Waals surface area contributed by atoms with E-state index in [1.807, 2.05) is 25.1 Å². The summed E-state index contributed by atoms with van der Waals surface area (Å²) in [6.45, 7) is 1.81. The summed E-state index contributed by atoms with van der Waals surface area (Å²) in [5, 5.41) is 0. The van der Waals surface area contributed by atoms with E-state index in [1.165, 1.54) is 6.20 Å². The van der Waals surface area contributed by atoms with Crippen LogP contribution in [-0.4, -0.2) is 24.1 Å². The van der Waals surface area contributed by atoms with Crippen molar-refractivity contribution in [1.82, 2.24) is 9.97 Å². The molecule has 1 aromatic heterocycles. The summed E-state index contributed by atoms with van der Waals surface area (Å²) >= 11 is 0. The Balaban J connectivity index is 2.31. The third-order valence-corrected chi connectivity index (χ3v) is 3.65. The number of nitrogens with one attached hydrogen (secondary N) is 1. The minimum atomic E-state index is -3.31. The van der Waals surface area contributed by atoms with Crippen LogP contribution < -0.4 is 4.72 Å². The van der Waals surface area contributed by atoms with Gasteiger partial charge in [-0.05, 0) is 18.6 Å². The van der Waals surface area contributed by atoms with Crippen LogP contribution in [0.15, 0.2) is 30.5 Å². The molecule has 0 saturated heterocycles. The van der Waals surface area contributed by atoms with Crippen LogP contribution in [-0.2, 0) is 10.0 Å². The molecule has 0 aliphatic rings. The SMILES string of the molecule is CCCS(=O)(=O)Nc1cnc2ccccc2n1. The molecule has 17 heavy (non-hydrogen) atoms. The van der Waals surface area contributed by atoms with E-state index < -0.39 is 10.0 Å². The van der Waals surface area contributed by atoms with Crippen molar-refractivity contribution in [2.45, 2.75) is 13.3 Å². The van der Waals surface area contributed by atoms with Gasteiger partial charge in [-0.1, -0.05) is 19.1 Å². The molecule has 0 aliphatic heterocycles. The molecule has 2 aromatic rings. The number of rotatable bonds is 4. The second-order valence-electron chi connectivity index (χ2n) is 3.66. The Morgan fingerprint density at radius 3 is 2.65 bits per heavy atom. The normalized spacial score (nSPS) is 11.6. The quantitative estimate of drug-likeness (QED) is 0.899. The van der Waals surface area contributed by atoms with Gasteiger partial charge in [-0.3, -0.25) is 9.71 Å². The molecule has 0 unspecified atom stereocenters. The van der Waals surface area contributed by atoms with Gasteiger partial charge < -0.3 is 0 Å². The maximum absolute atomic E-state index is 11.6. The van der Waals surface area contributed by atoms with Crippen molar-refractivity contribution in [2.24, 2.45) is 0 Å². The first-order valence-corrected chi connectivity index (χ1v) is 6.98. The molecule has 0 atom stereocenters. The fourth-order valence-corrected chi connectivity index (χ4v) is 2.54. The van der Waals surface area contributed by atoms with Gasteiger partial charge in [0.25, 0.3) is 0 Å². The van der Waals surface area contributed by atoms with Crippen LogP contribution in [0.4, 0.5) is 5.82 Å². The lowest BCUT2D eigenvalue weighted by Gasteiger charge is -2.06. The fourth-order valence-electron chi connectivity index (χ4n) is 1.49. The van der Waals surface area contributed by atoms with E-state index in [2.05, 4.69) is 14.7 Å². The summed E-state index contributed by atoms with van der Waals surface area (Å²) < 4.78 is 25.5. The highest BCUT2D eigenvalue weighted by Gasteiger charge is 2.10. The minimum absolute atomic E-state index is 0.0848. The highest BCUT2D eigenvalue weighted by atomic mass is 32.2. The molecule has 0 saturated carbocycles. The molecule has 2 rings (SSSR count). The van der Waals surface area contributed by atoms with Crippen LogP contribution >= 0.6 is 0 Å². The number of anilines is 1. The predicted octanol–water partition coefficient (Wildman–Crippen LogP) is 1.78. The first-order chi connectivity index (χ1) is 8.11. The lowest BCUT2D eigenvalue weighted by Crippen LogP contribution is -2.17. The van der Waals surface area contributed by atoms with E-state index in [9.17, 15) is 8.42 Å². The Morgan fingerprint density at radius 1 is 1.24 bits per heavy atom. The first-order valence-electron chi connectivity index (χ1n) is 5.33. The molecule has 90 valence electrons. The van der Waals surface area contributed by atoms with Crippen LogP contribution in [0.25, 0.3) is 11.0 Å². The summed E-state index contributed by atoms with van der Waals surface area (Å²) in [5.74, 6) is 0.346. The summed E-state index contributed by atoms with van der Waals surface area (Å²) in [4.78, 5) is 8.33. The maximum Gasteiger partial charge on any atom is 0.233 e. The van der Waals surface area contributed by atoms with Gasteiger partial charge in [0.05, 0.1) is 23.0 Å². The zero-order valence-electron chi connectivity index (χ0n) is 9.42. The molecular formula is C11H13N3O2S. The molecule has 0 fully saturated rings. The van der Waals surface area contributed by atoms with E-state index in [0.29, 0.717) is 11.9 Å². The topological polar surface area (TPSA) is 72.0 Å². The standard InChI is InChI=1S/C11H13N3O2S/c1-2-7-17(15,16)14-11-8-12-9-5-3-4-6-10(9)13-11/h3-6,8H,2,7H2,1H3,(H,13,14). The highest BCUT2D eigenvalue weighted by molar-refractivity contribution is 7.92. The second kappa shape index (κ2) is 4.67. The van der Waals surface area contributed by atoms with E-state index in [4.69, 9.17) is 0 Å². The van der Waals surface area contributed by atoms with Gasteiger partial charge >= 0.3 is 0 Å². The Bertz CT molecular complexity index is 625. The molecule has 1 N–H and O–H groups in total. The molecule has 0 aliphatic carbocycles. The molecular weight excluding hydrogens is 238 g/mol. The van der Waals surface area contributed by atoms with Gasteiger partial charge in [0.1, 0.15) is 0 Å². The molecule has 0 spiro atoms. The molecule has 6 heteroatoms. The molecule has 1 heterocycles. The van der Waals surface area contributed by atoms with Crippen molar-refractivity contribution in [2.75, 3.05) is 10.5 Å². The molecule has 0 radical (unpaired) electrons. The Hall–Kier alpha value is -1.69. The van der Waals surface area contributed by atoms with Crippen molar-refractivity contribution in [3.05, 3.63) is 30.5 Å². The first kappa shape index (κ1) is 11.8. The largest absolute Gasteiger partial charge is 0.266 e. The third kappa shape index (κ3) is 2.91. The highest BCUT2D eigenvalue weighted by Crippen LogP contribution is 2.12. The lowest BCUT2D eigenvalue weighted by atomic mass is 10.3. The van der Waals surface area contributed by atoms with Crippen LogP contribution in [0.3, 0.4) is 0 Å². The van der Waals surface area contributed by atoms with Crippen LogP contribution in [0.5, 0.6) is 0 Å². The zero-order valence-corrected chi connectivity index (χ0v) is 10.2. The van der Waals surface area contributed by atoms with Gasteiger partial charge in [0.2, 0.25) is 10.0 Å². The monoisotopic (exact) mass is 251 g/mol. The van der Waals surface area contributed by atoms with Gasteiger partial charge in [-0.15, -0.1) is 0 Å². The van der Waals surface area contributed by atoms with Crippen LogP contribution in [0, 0.1) is 0 Å². The zero-order chi connectivity index (χ0) is 12.3. The van der Waals surface area contributed by atoms with Crippen molar-refractivity contribution < 1.29 is 8.42 Å². The van der Waals surface area contributed by atoms with E-state index in [0.717, 1.165) is 5.52 Å². The smallest absolute Gasteiger partial charge is 0.233 e. The molecule has 0 bridgehead atoms. The molecule has 0 amide bonds. The fraction of sp³-hybridized carbons (Fsp3) is 0.273. The Morgan fingerprint density at radius 2 is 1.94 bits per heavy atom. The maximum atomic E-state index is 11.6. The van der Waals surface area contributed by atoms with Crippen molar-refractivity contribution in [3.63, 3.8) is 0 Å². The van der Waals surface area contributed by atoms with Crippen LogP contribution in [0.1, 0.15) is 13.3 Å². The van der Waals surface area contributed by atoms with Crippen molar-refractivity contribution in [3.8, 4) is 0 Å². The third-order valence-electron chi connectivity index (χ3n) is 2.18. The minimum Gasteiger partial charge on any atom is -0.266 e. The van der Waals surface area contributed by atoms with Crippen molar-refractivity contribution >= 4 is 26.9 Å². The van der Waals surface area contributed by atoms with Gasteiger partial charge in [0, 0.05) is 0 Å².